The molecule has 1 saturated carbocycles. The number of amides is 2. The Morgan fingerprint density at radius 1 is 1.28 bits per heavy atom. The van der Waals surface area contributed by atoms with Gasteiger partial charge in [-0.2, -0.15) is 0 Å². The van der Waals surface area contributed by atoms with Crippen LogP contribution in [0, 0.1) is 18.7 Å². The lowest BCUT2D eigenvalue weighted by Crippen LogP contribution is -2.70. The Morgan fingerprint density at radius 2 is 2.06 bits per heavy atom. The highest BCUT2D eigenvalue weighted by molar-refractivity contribution is 5.91. The number of urea groups is 1. The van der Waals surface area contributed by atoms with E-state index < -0.39 is 11.4 Å². The zero-order valence-corrected chi connectivity index (χ0v) is 18.3. The normalized spacial score (nSPS) is 24.2. The average Bonchev–Trinajstić information content (AvgIpc) is 3.25. The van der Waals surface area contributed by atoms with Crippen molar-refractivity contribution >= 4 is 11.7 Å². The van der Waals surface area contributed by atoms with Crippen LogP contribution in [0.5, 0.6) is 0 Å². The maximum Gasteiger partial charge on any atom is 0.323 e. The SMILES string of the molecule is CCc1nnc(C23C[C@@H](C)C[C@H](C2)N3C(=O)Nc2ccc(C)c(-c3ncc(F)cn3)c2)o1. The van der Waals surface area contributed by atoms with Crippen molar-refractivity contribution in [2.45, 2.75) is 58.0 Å². The highest BCUT2D eigenvalue weighted by atomic mass is 19.1. The van der Waals surface area contributed by atoms with Gasteiger partial charge in [0.05, 0.1) is 12.4 Å². The molecule has 8 nitrogen and oxygen atoms in total. The van der Waals surface area contributed by atoms with Gasteiger partial charge in [0.2, 0.25) is 11.8 Å². The number of carbonyl (C=O) groups is 1. The number of aromatic nitrogens is 4. The molecule has 0 radical (unpaired) electrons. The molecule has 5 rings (SSSR count). The van der Waals surface area contributed by atoms with E-state index in [1.165, 1.54) is 0 Å². The molecule has 1 unspecified atom stereocenters. The molecule has 3 aromatic rings. The van der Waals surface area contributed by atoms with E-state index in [1.54, 1.807) is 0 Å². The molecule has 1 N–H and O–H groups in total. The van der Waals surface area contributed by atoms with Crippen molar-refractivity contribution in [1.29, 1.82) is 0 Å². The minimum atomic E-state index is -0.555. The Labute approximate surface area is 185 Å². The van der Waals surface area contributed by atoms with Crippen LogP contribution in [0.2, 0.25) is 0 Å². The monoisotopic (exact) mass is 436 g/mol. The third-order valence-corrected chi connectivity index (χ3v) is 6.50. The van der Waals surface area contributed by atoms with E-state index in [2.05, 4.69) is 32.4 Å². The fourth-order valence-corrected chi connectivity index (χ4v) is 5.11. The Hall–Kier alpha value is -3.36. The molecule has 0 spiro atoms. The Balaban J connectivity index is 1.42. The van der Waals surface area contributed by atoms with Gasteiger partial charge in [-0.3, -0.25) is 0 Å². The number of nitrogens with one attached hydrogen (secondary N) is 1. The molecule has 1 saturated heterocycles. The lowest BCUT2D eigenvalue weighted by molar-refractivity contribution is -0.110. The number of halogens is 1. The summed E-state index contributed by atoms with van der Waals surface area (Å²) in [6.45, 7) is 6.08. The highest BCUT2D eigenvalue weighted by Gasteiger charge is 2.62. The number of piperidine rings is 1. The summed E-state index contributed by atoms with van der Waals surface area (Å²) in [6, 6.07) is 5.48. The summed E-state index contributed by atoms with van der Waals surface area (Å²) in [6.07, 6.45) is 5.50. The Bertz CT molecular complexity index is 1160. The van der Waals surface area contributed by atoms with E-state index in [1.807, 2.05) is 36.9 Å². The lowest BCUT2D eigenvalue weighted by Gasteiger charge is -2.61. The summed E-state index contributed by atoms with van der Waals surface area (Å²) in [5, 5.41) is 11.4. The van der Waals surface area contributed by atoms with Gasteiger partial charge in [0.1, 0.15) is 5.54 Å². The van der Waals surface area contributed by atoms with Gasteiger partial charge in [0, 0.05) is 30.1 Å². The molecular weight excluding hydrogens is 411 g/mol. The molecule has 166 valence electrons. The second-order valence-corrected chi connectivity index (χ2v) is 8.84. The topological polar surface area (TPSA) is 97.0 Å². The molecule has 2 aliphatic rings. The second-order valence-electron chi connectivity index (χ2n) is 8.84. The third kappa shape index (κ3) is 3.32. The first-order chi connectivity index (χ1) is 15.4. The van der Waals surface area contributed by atoms with Gasteiger partial charge in [-0.25, -0.2) is 19.2 Å². The van der Waals surface area contributed by atoms with E-state index >= 15 is 0 Å². The minimum Gasteiger partial charge on any atom is -0.423 e. The number of hydrogen-bond donors (Lipinski definition) is 1. The number of likely N-dealkylation sites (tertiary alicyclic amines) is 1. The quantitative estimate of drug-likeness (QED) is 0.648. The third-order valence-electron chi connectivity index (χ3n) is 6.50. The molecule has 2 fully saturated rings. The van der Waals surface area contributed by atoms with Gasteiger partial charge >= 0.3 is 6.03 Å². The highest BCUT2D eigenvalue weighted by Crippen LogP contribution is 2.55. The van der Waals surface area contributed by atoms with Crippen LogP contribution >= 0.6 is 0 Å². The number of rotatable bonds is 4. The Morgan fingerprint density at radius 3 is 2.78 bits per heavy atom. The first kappa shape index (κ1) is 20.5. The van der Waals surface area contributed by atoms with Crippen LogP contribution in [0.25, 0.3) is 11.4 Å². The van der Waals surface area contributed by atoms with E-state index in [4.69, 9.17) is 4.42 Å². The fourth-order valence-electron chi connectivity index (χ4n) is 5.11. The van der Waals surface area contributed by atoms with Crippen LogP contribution in [-0.2, 0) is 12.0 Å². The number of benzene rings is 1. The molecule has 32 heavy (non-hydrogen) atoms. The van der Waals surface area contributed by atoms with Gasteiger partial charge in [-0.1, -0.05) is 19.9 Å². The first-order valence-corrected chi connectivity index (χ1v) is 10.9. The van der Waals surface area contributed by atoms with Crippen molar-refractivity contribution in [2.75, 3.05) is 5.32 Å². The summed E-state index contributed by atoms with van der Waals surface area (Å²) in [7, 11) is 0. The van der Waals surface area contributed by atoms with E-state index in [9.17, 15) is 9.18 Å². The van der Waals surface area contributed by atoms with Crippen LogP contribution in [0.15, 0.2) is 35.0 Å². The maximum absolute atomic E-state index is 13.4. The molecule has 3 heterocycles. The molecule has 2 amide bonds. The van der Waals surface area contributed by atoms with Gasteiger partial charge in [0.25, 0.3) is 0 Å². The van der Waals surface area contributed by atoms with Crippen LogP contribution in [-0.4, -0.2) is 37.1 Å². The van der Waals surface area contributed by atoms with Crippen molar-refractivity contribution in [2.24, 2.45) is 5.92 Å². The molecule has 9 heteroatoms. The number of hydrogen-bond acceptors (Lipinski definition) is 6. The number of fused-ring (bicyclic) bond motifs is 2. The summed E-state index contributed by atoms with van der Waals surface area (Å²) in [5.41, 5.74) is 1.73. The largest absolute Gasteiger partial charge is 0.423 e. The van der Waals surface area contributed by atoms with Crippen LogP contribution in [0.1, 0.15) is 50.5 Å². The summed E-state index contributed by atoms with van der Waals surface area (Å²) in [5.74, 6) is 1.49. The number of nitrogens with zero attached hydrogens (tertiary/aromatic N) is 5. The number of carbonyl (C=O) groups excluding carboxylic acids is 1. The molecule has 2 bridgehead atoms. The van der Waals surface area contributed by atoms with Crippen molar-refractivity contribution < 1.29 is 13.6 Å². The van der Waals surface area contributed by atoms with Crippen molar-refractivity contribution in [1.82, 2.24) is 25.1 Å². The zero-order valence-electron chi connectivity index (χ0n) is 18.3. The first-order valence-electron chi connectivity index (χ1n) is 10.9. The van der Waals surface area contributed by atoms with E-state index in [0.717, 1.165) is 42.8 Å². The van der Waals surface area contributed by atoms with Gasteiger partial charge < -0.3 is 14.6 Å². The van der Waals surface area contributed by atoms with Gasteiger partial charge in [-0.05, 0) is 43.4 Å². The summed E-state index contributed by atoms with van der Waals surface area (Å²) >= 11 is 0. The minimum absolute atomic E-state index is 0.140. The fraction of sp³-hybridized carbons (Fsp3) is 0.435. The molecule has 2 aromatic heterocycles. The summed E-state index contributed by atoms with van der Waals surface area (Å²) in [4.78, 5) is 23.4. The Kier molecular flexibility index (Phi) is 4.91. The number of anilines is 1. The van der Waals surface area contributed by atoms with Crippen LogP contribution < -0.4 is 5.32 Å². The predicted molar refractivity (Wildman–Crippen MR) is 115 cm³/mol. The van der Waals surface area contributed by atoms with Gasteiger partial charge in [-0.15, -0.1) is 10.2 Å². The van der Waals surface area contributed by atoms with Crippen molar-refractivity contribution in [3.63, 3.8) is 0 Å². The molecular formula is C23H25FN6O2. The predicted octanol–water partition coefficient (Wildman–Crippen LogP) is 4.47. The second kappa shape index (κ2) is 7.65. The van der Waals surface area contributed by atoms with Crippen LogP contribution in [0.4, 0.5) is 14.9 Å². The molecule has 3 atom stereocenters. The van der Waals surface area contributed by atoms with E-state index in [0.29, 0.717) is 35.6 Å². The zero-order chi connectivity index (χ0) is 22.5. The van der Waals surface area contributed by atoms with Crippen molar-refractivity contribution in [3.8, 4) is 11.4 Å². The molecule has 1 aromatic carbocycles. The van der Waals surface area contributed by atoms with Crippen LogP contribution in [0.3, 0.4) is 0 Å². The summed E-state index contributed by atoms with van der Waals surface area (Å²) < 4.78 is 19.1. The van der Waals surface area contributed by atoms with Gasteiger partial charge in [0.15, 0.2) is 11.6 Å². The van der Waals surface area contributed by atoms with Crippen molar-refractivity contribution in [3.05, 3.63) is 53.8 Å². The lowest BCUT2D eigenvalue weighted by atomic mass is 9.64. The average molecular weight is 436 g/mol. The maximum atomic E-state index is 13.4. The smallest absolute Gasteiger partial charge is 0.323 e. The molecule has 1 aliphatic heterocycles. The standard InChI is InChI=1S/C23H25FN6O2/c1-4-19-28-29-21(32-19)23-9-13(2)7-17(10-23)30(23)22(31)27-16-6-5-14(3)18(8-16)20-25-11-15(24)12-26-20/h5-6,8,11-13,17H,4,7,9-10H2,1-3H3,(H,27,31)/t13-,17+,23?/m0/s1. The number of aryl methyl sites for hydroxylation is 2. The molecule has 1 aliphatic carbocycles. The van der Waals surface area contributed by atoms with E-state index in [-0.39, 0.29) is 12.1 Å².